The van der Waals surface area contributed by atoms with Gasteiger partial charge < -0.3 is 5.32 Å². The lowest BCUT2D eigenvalue weighted by atomic mass is 10.0. The van der Waals surface area contributed by atoms with Crippen molar-refractivity contribution in [1.82, 2.24) is 5.32 Å². The summed E-state index contributed by atoms with van der Waals surface area (Å²) in [4.78, 5) is 12.1. The van der Waals surface area contributed by atoms with Gasteiger partial charge in [0.1, 0.15) is 0 Å². The minimum atomic E-state index is 0.0277. The second-order valence-electron chi connectivity index (χ2n) is 4.55. The predicted molar refractivity (Wildman–Crippen MR) is 75.7 cm³/mol. The second-order valence-corrected chi connectivity index (χ2v) is 4.55. The molecule has 92 valence electrons. The van der Waals surface area contributed by atoms with E-state index in [0.29, 0.717) is 6.04 Å². The molecule has 2 aromatic rings. The Morgan fingerprint density at radius 1 is 1.11 bits per heavy atom. The van der Waals surface area contributed by atoms with Crippen LogP contribution in [0.4, 0.5) is 0 Å². The van der Waals surface area contributed by atoms with Crippen molar-refractivity contribution in [3.05, 3.63) is 60.3 Å². The van der Waals surface area contributed by atoms with E-state index in [0.717, 1.165) is 16.3 Å². The van der Waals surface area contributed by atoms with Crippen molar-refractivity contribution < 1.29 is 4.79 Å². The standard InChI is InChI=1S/C16H17NO/c1-12(2)17-11-10-16(18)15-9-5-7-13-6-3-4-8-14(13)15/h3-12,17H,1-2H3/b11-10+. The Balaban J connectivity index is 2.31. The van der Waals surface area contributed by atoms with Crippen molar-refractivity contribution in [2.75, 3.05) is 0 Å². The fourth-order valence-electron chi connectivity index (χ4n) is 1.85. The van der Waals surface area contributed by atoms with Crippen LogP contribution in [-0.4, -0.2) is 11.8 Å². The van der Waals surface area contributed by atoms with Gasteiger partial charge in [-0.2, -0.15) is 0 Å². The second kappa shape index (κ2) is 5.50. The van der Waals surface area contributed by atoms with Gasteiger partial charge in [0, 0.05) is 23.9 Å². The molecule has 2 aromatic carbocycles. The summed E-state index contributed by atoms with van der Waals surface area (Å²) in [5.74, 6) is 0.0277. The molecule has 0 bridgehead atoms. The van der Waals surface area contributed by atoms with Crippen molar-refractivity contribution in [2.24, 2.45) is 0 Å². The molecule has 0 aromatic heterocycles. The summed E-state index contributed by atoms with van der Waals surface area (Å²) in [7, 11) is 0. The van der Waals surface area contributed by atoms with E-state index in [1.54, 1.807) is 12.3 Å². The summed E-state index contributed by atoms with van der Waals surface area (Å²) in [5.41, 5.74) is 0.745. The number of fused-ring (bicyclic) bond motifs is 1. The van der Waals surface area contributed by atoms with Crippen LogP contribution in [0, 0.1) is 0 Å². The molecule has 0 fully saturated rings. The van der Waals surface area contributed by atoms with Gasteiger partial charge in [-0.05, 0) is 24.6 Å². The van der Waals surface area contributed by atoms with Gasteiger partial charge in [-0.3, -0.25) is 4.79 Å². The Morgan fingerprint density at radius 3 is 2.61 bits per heavy atom. The van der Waals surface area contributed by atoms with Gasteiger partial charge in [-0.1, -0.05) is 42.5 Å². The molecule has 0 radical (unpaired) electrons. The average Bonchev–Trinajstić information content (AvgIpc) is 2.37. The van der Waals surface area contributed by atoms with Crippen molar-refractivity contribution in [1.29, 1.82) is 0 Å². The number of benzene rings is 2. The first-order valence-corrected chi connectivity index (χ1v) is 6.13. The molecule has 0 saturated heterocycles. The maximum atomic E-state index is 12.1. The van der Waals surface area contributed by atoms with Gasteiger partial charge in [-0.25, -0.2) is 0 Å². The number of hydrogen-bond acceptors (Lipinski definition) is 2. The Kier molecular flexibility index (Phi) is 3.78. The lowest BCUT2D eigenvalue weighted by Gasteiger charge is -2.04. The highest BCUT2D eigenvalue weighted by molar-refractivity contribution is 6.13. The fraction of sp³-hybridized carbons (Fsp3) is 0.188. The molecular weight excluding hydrogens is 222 g/mol. The first-order chi connectivity index (χ1) is 8.68. The number of ketones is 1. The molecule has 2 heteroatoms. The highest BCUT2D eigenvalue weighted by Gasteiger charge is 2.06. The van der Waals surface area contributed by atoms with Crippen molar-refractivity contribution in [3.63, 3.8) is 0 Å². The van der Waals surface area contributed by atoms with Crippen LogP contribution < -0.4 is 5.32 Å². The van der Waals surface area contributed by atoms with E-state index in [1.165, 1.54) is 0 Å². The summed E-state index contributed by atoms with van der Waals surface area (Å²) >= 11 is 0. The molecule has 0 unspecified atom stereocenters. The molecule has 0 atom stereocenters. The molecule has 1 N–H and O–H groups in total. The number of allylic oxidation sites excluding steroid dienone is 1. The molecule has 2 rings (SSSR count). The SMILES string of the molecule is CC(C)N/C=C/C(=O)c1cccc2ccccc12. The van der Waals surface area contributed by atoms with E-state index in [4.69, 9.17) is 0 Å². The van der Waals surface area contributed by atoms with E-state index in [2.05, 4.69) is 5.32 Å². The monoisotopic (exact) mass is 239 g/mol. The van der Waals surface area contributed by atoms with Crippen LogP contribution in [0.25, 0.3) is 10.8 Å². The molecule has 0 heterocycles. The third-order valence-electron chi connectivity index (χ3n) is 2.72. The lowest BCUT2D eigenvalue weighted by molar-refractivity contribution is 0.104. The van der Waals surface area contributed by atoms with Crippen molar-refractivity contribution in [3.8, 4) is 0 Å². The van der Waals surface area contributed by atoms with Crippen LogP contribution in [0.2, 0.25) is 0 Å². The van der Waals surface area contributed by atoms with Crippen LogP contribution >= 0.6 is 0 Å². The molecule has 0 aliphatic carbocycles. The molecule has 0 aliphatic rings. The van der Waals surface area contributed by atoms with Gasteiger partial charge >= 0.3 is 0 Å². The average molecular weight is 239 g/mol. The molecule has 18 heavy (non-hydrogen) atoms. The zero-order valence-electron chi connectivity index (χ0n) is 10.7. The summed E-state index contributed by atoms with van der Waals surface area (Å²) < 4.78 is 0. The third kappa shape index (κ3) is 2.77. The normalized spacial score (nSPS) is 11.3. The first-order valence-electron chi connectivity index (χ1n) is 6.13. The summed E-state index contributed by atoms with van der Waals surface area (Å²) in [5, 5.41) is 5.18. The van der Waals surface area contributed by atoms with Crippen LogP contribution in [0.3, 0.4) is 0 Å². The van der Waals surface area contributed by atoms with Crippen molar-refractivity contribution >= 4 is 16.6 Å². The lowest BCUT2D eigenvalue weighted by Crippen LogP contribution is -2.15. The van der Waals surface area contributed by atoms with Crippen LogP contribution in [0.5, 0.6) is 0 Å². The molecule has 0 spiro atoms. The van der Waals surface area contributed by atoms with E-state index >= 15 is 0 Å². The van der Waals surface area contributed by atoms with Gasteiger partial charge in [0.25, 0.3) is 0 Å². The largest absolute Gasteiger partial charge is 0.389 e. The zero-order valence-corrected chi connectivity index (χ0v) is 10.7. The molecule has 0 saturated carbocycles. The zero-order chi connectivity index (χ0) is 13.0. The molecule has 2 nitrogen and oxygen atoms in total. The number of hydrogen-bond donors (Lipinski definition) is 1. The highest BCUT2D eigenvalue weighted by atomic mass is 16.1. The van der Waals surface area contributed by atoms with Crippen LogP contribution in [0.15, 0.2) is 54.7 Å². The van der Waals surface area contributed by atoms with E-state index in [1.807, 2.05) is 56.3 Å². The molecule has 0 aliphatic heterocycles. The Bertz CT molecular complexity index is 579. The van der Waals surface area contributed by atoms with Gasteiger partial charge in [0.05, 0.1) is 0 Å². The number of carbonyl (C=O) groups excluding carboxylic acids is 1. The maximum absolute atomic E-state index is 12.1. The van der Waals surface area contributed by atoms with E-state index in [9.17, 15) is 4.79 Å². The predicted octanol–water partition coefficient (Wildman–Crippen LogP) is 3.53. The summed E-state index contributed by atoms with van der Waals surface area (Å²) in [6, 6.07) is 14.1. The van der Waals surface area contributed by atoms with E-state index < -0.39 is 0 Å². The smallest absolute Gasteiger partial charge is 0.187 e. The Hall–Kier alpha value is -2.09. The van der Waals surface area contributed by atoms with E-state index in [-0.39, 0.29) is 5.78 Å². The Labute approximate surface area is 107 Å². The van der Waals surface area contributed by atoms with Crippen LogP contribution in [-0.2, 0) is 0 Å². The topological polar surface area (TPSA) is 29.1 Å². The summed E-state index contributed by atoms with van der Waals surface area (Å²) in [6.45, 7) is 4.07. The highest BCUT2D eigenvalue weighted by Crippen LogP contribution is 2.19. The molecular formula is C16H17NO. The van der Waals surface area contributed by atoms with Gasteiger partial charge in [0.15, 0.2) is 5.78 Å². The first kappa shape index (κ1) is 12.4. The minimum absolute atomic E-state index is 0.0277. The minimum Gasteiger partial charge on any atom is -0.389 e. The third-order valence-corrected chi connectivity index (χ3v) is 2.72. The van der Waals surface area contributed by atoms with Gasteiger partial charge in [-0.15, -0.1) is 0 Å². The molecule has 0 amide bonds. The van der Waals surface area contributed by atoms with Gasteiger partial charge in [0.2, 0.25) is 0 Å². The summed E-state index contributed by atoms with van der Waals surface area (Å²) in [6.07, 6.45) is 3.30. The number of carbonyl (C=O) groups is 1. The van der Waals surface area contributed by atoms with Crippen molar-refractivity contribution in [2.45, 2.75) is 19.9 Å². The Morgan fingerprint density at radius 2 is 1.83 bits per heavy atom. The number of rotatable bonds is 4. The number of nitrogens with one attached hydrogen (secondary N) is 1. The quantitative estimate of drug-likeness (QED) is 0.653. The fourth-order valence-corrected chi connectivity index (χ4v) is 1.85. The van der Waals surface area contributed by atoms with Crippen LogP contribution in [0.1, 0.15) is 24.2 Å². The maximum Gasteiger partial charge on any atom is 0.187 e.